The number of aromatic nitrogens is 2. The fraction of sp³-hybridized carbons (Fsp3) is 0.400. The highest BCUT2D eigenvalue weighted by Gasteiger charge is 2.13. The lowest BCUT2D eigenvalue weighted by molar-refractivity contribution is 0.536. The van der Waals surface area contributed by atoms with Crippen molar-refractivity contribution in [1.82, 2.24) is 15.1 Å². The Morgan fingerprint density at radius 3 is 2.74 bits per heavy atom. The normalized spacial score (nSPS) is 12.6. The molecule has 0 bridgehead atoms. The minimum absolute atomic E-state index is 0.267. The largest absolute Gasteiger partial charge is 0.313 e. The van der Waals surface area contributed by atoms with Crippen LogP contribution in [0.3, 0.4) is 0 Å². The molecule has 1 atom stereocenters. The molecule has 1 aromatic carbocycles. The summed E-state index contributed by atoms with van der Waals surface area (Å²) in [5.74, 6) is 0. The van der Waals surface area contributed by atoms with E-state index in [2.05, 4.69) is 35.5 Å². The first kappa shape index (κ1) is 14.1. The summed E-state index contributed by atoms with van der Waals surface area (Å²) in [5, 5.41) is 8.38. The van der Waals surface area contributed by atoms with Gasteiger partial charge in [0.15, 0.2) is 0 Å². The summed E-state index contributed by atoms with van der Waals surface area (Å²) in [7, 11) is 3.95. The van der Waals surface area contributed by atoms with Gasteiger partial charge in [-0.1, -0.05) is 23.7 Å². The molecular formula is C15H20ClN3. The third kappa shape index (κ3) is 3.37. The van der Waals surface area contributed by atoms with E-state index < -0.39 is 0 Å². The average Bonchev–Trinajstić information content (AvgIpc) is 2.78. The van der Waals surface area contributed by atoms with Crippen LogP contribution in [0.15, 0.2) is 30.5 Å². The molecule has 0 aliphatic carbocycles. The van der Waals surface area contributed by atoms with Crippen molar-refractivity contribution in [3.8, 4) is 0 Å². The number of hydrogen-bond donors (Lipinski definition) is 1. The lowest BCUT2D eigenvalue weighted by atomic mass is 10.00. The number of nitrogens with zero attached hydrogens (tertiary/aromatic N) is 2. The van der Waals surface area contributed by atoms with Crippen LogP contribution in [0, 0.1) is 6.92 Å². The first-order valence-corrected chi connectivity index (χ1v) is 6.90. The second-order valence-corrected chi connectivity index (χ2v) is 5.26. The van der Waals surface area contributed by atoms with Gasteiger partial charge < -0.3 is 5.32 Å². The predicted octanol–water partition coefficient (Wildman–Crippen LogP) is 3.28. The van der Waals surface area contributed by atoms with Crippen LogP contribution in [0.4, 0.5) is 0 Å². The van der Waals surface area contributed by atoms with Gasteiger partial charge in [-0.15, -0.1) is 0 Å². The lowest BCUT2D eigenvalue weighted by Gasteiger charge is -2.18. The van der Waals surface area contributed by atoms with Crippen molar-refractivity contribution in [3.63, 3.8) is 0 Å². The van der Waals surface area contributed by atoms with E-state index in [-0.39, 0.29) is 6.04 Å². The zero-order valence-corrected chi connectivity index (χ0v) is 12.4. The monoisotopic (exact) mass is 277 g/mol. The second-order valence-electron chi connectivity index (χ2n) is 4.85. The molecule has 1 N–H and O–H groups in total. The zero-order chi connectivity index (χ0) is 13.8. The van der Waals surface area contributed by atoms with Gasteiger partial charge in [-0.05, 0) is 50.1 Å². The van der Waals surface area contributed by atoms with Gasteiger partial charge in [0.2, 0.25) is 0 Å². The van der Waals surface area contributed by atoms with Gasteiger partial charge in [-0.25, -0.2) is 0 Å². The Kier molecular flexibility index (Phi) is 4.61. The molecule has 0 fully saturated rings. The standard InChI is InChI=1S/C15H20ClN3/c1-11-4-6-13(14(16)10-11)15(17-2)7-5-12-8-9-18-19(12)3/h4,6,8-10,15,17H,5,7H2,1-3H3. The van der Waals surface area contributed by atoms with E-state index in [4.69, 9.17) is 11.6 Å². The Hall–Kier alpha value is -1.32. The van der Waals surface area contributed by atoms with E-state index in [1.807, 2.05) is 31.0 Å². The van der Waals surface area contributed by atoms with Crippen molar-refractivity contribution < 1.29 is 0 Å². The van der Waals surface area contributed by atoms with Crippen molar-refractivity contribution in [2.24, 2.45) is 7.05 Å². The van der Waals surface area contributed by atoms with E-state index in [9.17, 15) is 0 Å². The van der Waals surface area contributed by atoms with Crippen molar-refractivity contribution in [1.29, 1.82) is 0 Å². The lowest BCUT2D eigenvalue weighted by Crippen LogP contribution is -2.18. The Labute approximate surface area is 119 Å². The molecule has 102 valence electrons. The van der Waals surface area contributed by atoms with Crippen molar-refractivity contribution >= 4 is 11.6 Å². The number of aryl methyl sites for hydroxylation is 3. The summed E-state index contributed by atoms with van der Waals surface area (Å²) < 4.78 is 1.92. The van der Waals surface area contributed by atoms with Gasteiger partial charge in [-0.2, -0.15) is 5.10 Å². The fourth-order valence-electron chi connectivity index (χ4n) is 2.31. The molecule has 1 unspecified atom stereocenters. The molecule has 0 radical (unpaired) electrons. The molecule has 0 spiro atoms. The third-order valence-corrected chi connectivity index (χ3v) is 3.82. The van der Waals surface area contributed by atoms with Crippen LogP contribution >= 0.6 is 11.6 Å². The first-order chi connectivity index (χ1) is 9.11. The van der Waals surface area contributed by atoms with Gasteiger partial charge in [0.05, 0.1) is 0 Å². The van der Waals surface area contributed by atoms with Crippen molar-refractivity contribution in [3.05, 3.63) is 52.3 Å². The molecule has 2 aromatic rings. The van der Waals surface area contributed by atoms with E-state index >= 15 is 0 Å². The minimum atomic E-state index is 0.267. The third-order valence-electron chi connectivity index (χ3n) is 3.49. The maximum absolute atomic E-state index is 6.34. The predicted molar refractivity (Wildman–Crippen MR) is 79.5 cm³/mol. The van der Waals surface area contributed by atoms with Crippen LogP contribution in [-0.4, -0.2) is 16.8 Å². The van der Waals surface area contributed by atoms with Crippen LogP contribution in [-0.2, 0) is 13.5 Å². The van der Waals surface area contributed by atoms with Gasteiger partial charge in [0.25, 0.3) is 0 Å². The summed E-state index contributed by atoms with van der Waals surface area (Å²) in [6.45, 7) is 2.06. The maximum Gasteiger partial charge on any atom is 0.0492 e. The van der Waals surface area contributed by atoms with E-state index in [1.165, 1.54) is 11.3 Å². The molecule has 3 nitrogen and oxygen atoms in total. The summed E-state index contributed by atoms with van der Waals surface area (Å²) in [5.41, 5.74) is 3.59. The van der Waals surface area contributed by atoms with Crippen molar-refractivity contribution in [2.75, 3.05) is 7.05 Å². The molecule has 2 rings (SSSR count). The Morgan fingerprint density at radius 1 is 1.37 bits per heavy atom. The van der Waals surface area contributed by atoms with Crippen LogP contribution in [0.1, 0.15) is 29.3 Å². The number of nitrogens with one attached hydrogen (secondary N) is 1. The number of benzene rings is 1. The molecule has 19 heavy (non-hydrogen) atoms. The van der Waals surface area contributed by atoms with E-state index in [0.717, 1.165) is 23.4 Å². The SMILES string of the molecule is CNC(CCc1ccnn1C)c1ccc(C)cc1Cl. The summed E-state index contributed by atoms with van der Waals surface area (Å²) >= 11 is 6.34. The summed E-state index contributed by atoms with van der Waals surface area (Å²) in [6.07, 6.45) is 3.81. The number of halogens is 1. The molecule has 0 aliphatic heterocycles. The van der Waals surface area contributed by atoms with Crippen molar-refractivity contribution in [2.45, 2.75) is 25.8 Å². The Bertz CT molecular complexity index is 548. The van der Waals surface area contributed by atoms with Gasteiger partial charge in [0.1, 0.15) is 0 Å². The molecule has 1 aromatic heterocycles. The average molecular weight is 278 g/mol. The quantitative estimate of drug-likeness (QED) is 0.909. The first-order valence-electron chi connectivity index (χ1n) is 6.52. The second kappa shape index (κ2) is 6.22. The van der Waals surface area contributed by atoms with Gasteiger partial charge >= 0.3 is 0 Å². The summed E-state index contributed by atoms with van der Waals surface area (Å²) in [4.78, 5) is 0. The molecule has 4 heteroatoms. The molecule has 1 heterocycles. The highest BCUT2D eigenvalue weighted by atomic mass is 35.5. The number of hydrogen-bond acceptors (Lipinski definition) is 2. The Morgan fingerprint density at radius 2 is 2.16 bits per heavy atom. The van der Waals surface area contributed by atoms with Crippen LogP contribution in [0.5, 0.6) is 0 Å². The van der Waals surface area contributed by atoms with Gasteiger partial charge in [-0.3, -0.25) is 4.68 Å². The molecule has 0 saturated heterocycles. The van der Waals surface area contributed by atoms with E-state index in [1.54, 1.807) is 0 Å². The molecule has 0 saturated carbocycles. The maximum atomic E-state index is 6.34. The highest BCUT2D eigenvalue weighted by molar-refractivity contribution is 6.31. The molecular weight excluding hydrogens is 258 g/mol. The summed E-state index contributed by atoms with van der Waals surface area (Å²) in [6, 6.07) is 8.56. The van der Waals surface area contributed by atoms with Crippen LogP contribution in [0.2, 0.25) is 5.02 Å². The topological polar surface area (TPSA) is 29.9 Å². The number of rotatable bonds is 5. The smallest absolute Gasteiger partial charge is 0.0492 e. The van der Waals surface area contributed by atoms with E-state index in [0.29, 0.717) is 0 Å². The van der Waals surface area contributed by atoms with Crippen LogP contribution in [0.25, 0.3) is 0 Å². The van der Waals surface area contributed by atoms with Crippen LogP contribution < -0.4 is 5.32 Å². The highest BCUT2D eigenvalue weighted by Crippen LogP contribution is 2.27. The molecule has 0 amide bonds. The molecule has 0 aliphatic rings. The van der Waals surface area contributed by atoms with Gasteiger partial charge in [0, 0.05) is 30.0 Å². The fourth-order valence-corrected chi connectivity index (χ4v) is 2.68. The zero-order valence-electron chi connectivity index (χ0n) is 11.7. The Balaban J connectivity index is 2.10. The minimum Gasteiger partial charge on any atom is -0.313 e.